The fourth-order valence-electron chi connectivity index (χ4n) is 2.38. The van der Waals surface area contributed by atoms with Gasteiger partial charge >= 0.3 is 6.09 Å². The Morgan fingerprint density at radius 1 is 0.905 bits per heavy atom. The number of carbonyl (C=O) groups is 1. The van der Waals surface area contributed by atoms with Crippen molar-refractivity contribution in [2.75, 3.05) is 5.32 Å². The number of amides is 1. The highest BCUT2D eigenvalue weighted by Gasteiger charge is 2.06. The van der Waals surface area contributed by atoms with E-state index in [1.165, 1.54) is 10.8 Å². The molecule has 0 aromatic heterocycles. The summed E-state index contributed by atoms with van der Waals surface area (Å²) in [7, 11) is 0. The van der Waals surface area contributed by atoms with E-state index in [1.54, 1.807) is 0 Å². The van der Waals surface area contributed by atoms with Crippen LogP contribution in [-0.4, -0.2) is 12.2 Å². The zero-order valence-electron chi connectivity index (χ0n) is 12.1. The molecule has 0 saturated carbocycles. The van der Waals surface area contributed by atoms with Crippen LogP contribution >= 0.6 is 0 Å². The molecule has 0 heterocycles. The van der Waals surface area contributed by atoms with Crippen LogP contribution in [0.1, 0.15) is 13.8 Å². The standard InChI is InChI=1S/C18H17NO2/c1-12(2)21-18(20)19-17-8-7-15-9-13-5-3-4-6-14(13)10-16(15)11-17/h3-12H,1-2H3,(H,19,20). The molecule has 0 spiro atoms. The smallest absolute Gasteiger partial charge is 0.411 e. The lowest BCUT2D eigenvalue weighted by Gasteiger charge is -2.10. The van der Waals surface area contributed by atoms with E-state index in [0.717, 1.165) is 16.5 Å². The van der Waals surface area contributed by atoms with Gasteiger partial charge in [-0.05, 0) is 59.7 Å². The van der Waals surface area contributed by atoms with Crippen molar-refractivity contribution in [2.24, 2.45) is 0 Å². The van der Waals surface area contributed by atoms with E-state index < -0.39 is 6.09 Å². The molecule has 0 fully saturated rings. The number of anilines is 1. The molecule has 3 nitrogen and oxygen atoms in total. The molecular formula is C18H17NO2. The molecule has 0 aliphatic carbocycles. The maximum atomic E-state index is 11.6. The number of rotatable bonds is 2. The molecule has 0 saturated heterocycles. The minimum atomic E-state index is -0.426. The molecular weight excluding hydrogens is 262 g/mol. The number of hydrogen-bond donors (Lipinski definition) is 1. The first-order valence-corrected chi connectivity index (χ1v) is 7.02. The Balaban J connectivity index is 1.95. The minimum absolute atomic E-state index is 0.130. The molecule has 106 valence electrons. The van der Waals surface area contributed by atoms with E-state index in [4.69, 9.17) is 4.74 Å². The first-order chi connectivity index (χ1) is 10.1. The van der Waals surface area contributed by atoms with Gasteiger partial charge in [-0.25, -0.2) is 4.79 Å². The van der Waals surface area contributed by atoms with Crippen molar-refractivity contribution in [3.05, 3.63) is 54.6 Å². The Morgan fingerprint density at radius 2 is 1.52 bits per heavy atom. The van der Waals surface area contributed by atoms with Crippen molar-refractivity contribution >= 4 is 33.3 Å². The summed E-state index contributed by atoms with van der Waals surface area (Å²) in [5.41, 5.74) is 0.739. The number of ether oxygens (including phenoxy) is 1. The predicted octanol–water partition coefficient (Wildman–Crippen LogP) is 4.95. The molecule has 3 aromatic carbocycles. The summed E-state index contributed by atoms with van der Waals surface area (Å²) in [6, 6.07) is 18.4. The van der Waals surface area contributed by atoms with E-state index in [2.05, 4.69) is 29.6 Å². The number of nitrogens with one attached hydrogen (secondary N) is 1. The maximum Gasteiger partial charge on any atom is 0.411 e. The van der Waals surface area contributed by atoms with Crippen molar-refractivity contribution in [1.29, 1.82) is 0 Å². The van der Waals surface area contributed by atoms with Gasteiger partial charge in [0.25, 0.3) is 0 Å². The number of benzene rings is 3. The Bertz CT molecular complexity index is 809. The summed E-state index contributed by atoms with van der Waals surface area (Å²) in [5, 5.41) is 7.40. The Kier molecular flexibility index (Phi) is 3.48. The SMILES string of the molecule is CC(C)OC(=O)Nc1ccc2cc3ccccc3cc2c1. The molecule has 0 radical (unpaired) electrons. The highest BCUT2D eigenvalue weighted by molar-refractivity contribution is 6.00. The summed E-state index contributed by atoms with van der Waals surface area (Å²) in [6.07, 6.45) is -0.556. The molecule has 1 N–H and O–H groups in total. The van der Waals surface area contributed by atoms with Gasteiger partial charge in [0.1, 0.15) is 0 Å². The third kappa shape index (κ3) is 2.97. The molecule has 0 unspecified atom stereocenters. The van der Waals surface area contributed by atoms with Crippen LogP contribution in [0.4, 0.5) is 10.5 Å². The molecule has 0 aliphatic heterocycles. The third-order valence-electron chi connectivity index (χ3n) is 3.29. The highest BCUT2D eigenvalue weighted by atomic mass is 16.6. The molecule has 3 heteroatoms. The van der Waals surface area contributed by atoms with Crippen molar-refractivity contribution in [3.8, 4) is 0 Å². The van der Waals surface area contributed by atoms with Crippen molar-refractivity contribution in [2.45, 2.75) is 20.0 Å². The Morgan fingerprint density at radius 3 is 2.19 bits per heavy atom. The van der Waals surface area contributed by atoms with Crippen molar-refractivity contribution in [3.63, 3.8) is 0 Å². The van der Waals surface area contributed by atoms with Crippen LogP contribution in [0.15, 0.2) is 54.6 Å². The quantitative estimate of drug-likeness (QED) is 0.674. The Hall–Kier alpha value is -2.55. The van der Waals surface area contributed by atoms with Crippen LogP contribution in [0, 0.1) is 0 Å². The van der Waals surface area contributed by atoms with Crippen molar-refractivity contribution < 1.29 is 9.53 Å². The van der Waals surface area contributed by atoms with Gasteiger partial charge in [0.2, 0.25) is 0 Å². The van der Waals surface area contributed by atoms with Gasteiger partial charge in [0.05, 0.1) is 6.10 Å². The molecule has 0 aliphatic rings. The summed E-state index contributed by atoms with van der Waals surface area (Å²) < 4.78 is 5.09. The van der Waals surface area contributed by atoms with Gasteiger partial charge in [0, 0.05) is 5.69 Å². The number of hydrogen-bond acceptors (Lipinski definition) is 2. The second-order valence-corrected chi connectivity index (χ2v) is 5.34. The van der Waals surface area contributed by atoms with Crippen molar-refractivity contribution in [1.82, 2.24) is 0 Å². The van der Waals surface area contributed by atoms with Gasteiger partial charge < -0.3 is 4.74 Å². The fraction of sp³-hybridized carbons (Fsp3) is 0.167. The molecule has 0 atom stereocenters. The molecule has 1 amide bonds. The summed E-state index contributed by atoms with van der Waals surface area (Å²) in [4.78, 5) is 11.6. The number of carbonyl (C=O) groups excluding carboxylic acids is 1. The summed E-state index contributed by atoms with van der Waals surface area (Å²) >= 11 is 0. The lowest BCUT2D eigenvalue weighted by atomic mass is 10.0. The van der Waals surface area contributed by atoms with Crippen LogP contribution in [0.2, 0.25) is 0 Å². The van der Waals surface area contributed by atoms with Crippen LogP contribution in [0.5, 0.6) is 0 Å². The van der Waals surface area contributed by atoms with E-state index >= 15 is 0 Å². The van der Waals surface area contributed by atoms with Gasteiger partial charge in [-0.15, -0.1) is 0 Å². The molecule has 3 rings (SSSR count). The second-order valence-electron chi connectivity index (χ2n) is 5.34. The zero-order valence-corrected chi connectivity index (χ0v) is 12.1. The lowest BCUT2D eigenvalue weighted by Crippen LogP contribution is -2.17. The molecule has 0 bridgehead atoms. The van der Waals surface area contributed by atoms with E-state index in [-0.39, 0.29) is 6.10 Å². The summed E-state index contributed by atoms with van der Waals surface area (Å²) in [6.45, 7) is 3.65. The first kappa shape index (κ1) is 13.4. The average Bonchev–Trinajstić information content (AvgIpc) is 2.44. The van der Waals surface area contributed by atoms with Crippen LogP contribution in [0.3, 0.4) is 0 Å². The predicted molar refractivity (Wildman–Crippen MR) is 86.7 cm³/mol. The fourth-order valence-corrected chi connectivity index (χ4v) is 2.38. The highest BCUT2D eigenvalue weighted by Crippen LogP contribution is 2.25. The third-order valence-corrected chi connectivity index (χ3v) is 3.29. The number of fused-ring (bicyclic) bond motifs is 2. The summed E-state index contributed by atoms with van der Waals surface area (Å²) in [5.74, 6) is 0. The van der Waals surface area contributed by atoms with Crippen LogP contribution in [0.25, 0.3) is 21.5 Å². The van der Waals surface area contributed by atoms with Crippen LogP contribution in [-0.2, 0) is 4.74 Å². The molecule has 21 heavy (non-hydrogen) atoms. The second kappa shape index (κ2) is 5.44. The van der Waals surface area contributed by atoms with Gasteiger partial charge in [-0.3, -0.25) is 5.32 Å². The van der Waals surface area contributed by atoms with Gasteiger partial charge in [-0.2, -0.15) is 0 Å². The first-order valence-electron chi connectivity index (χ1n) is 7.02. The van der Waals surface area contributed by atoms with Gasteiger partial charge in [0.15, 0.2) is 0 Å². The van der Waals surface area contributed by atoms with Gasteiger partial charge in [-0.1, -0.05) is 30.3 Å². The van der Waals surface area contributed by atoms with E-state index in [9.17, 15) is 4.79 Å². The van der Waals surface area contributed by atoms with E-state index in [0.29, 0.717) is 0 Å². The zero-order chi connectivity index (χ0) is 14.8. The average molecular weight is 279 g/mol. The van der Waals surface area contributed by atoms with E-state index in [1.807, 2.05) is 44.2 Å². The maximum absolute atomic E-state index is 11.6. The minimum Gasteiger partial charge on any atom is -0.447 e. The monoisotopic (exact) mass is 279 g/mol. The normalized spacial score (nSPS) is 11.0. The van der Waals surface area contributed by atoms with Crippen LogP contribution < -0.4 is 5.32 Å². The largest absolute Gasteiger partial charge is 0.447 e. The molecule has 3 aromatic rings. The Labute approximate surface area is 123 Å². The lowest BCUT2D eigenvalue weighted by molar-refractivity contribution is 0.130. The topological polar surface area (TPSA) is 38.3 Å².